The predicted molar refractivity (Wildman–Crippen MR) is 131 cm³/mol. The normalized spacial score (nSPS) is 17.2. The third kappa shape index (κ3) is 4.15. The first-order chi connectivity index (χ1) is 15.7. The number of carbonyl (C=O) groups is 1. The zero-order chi connectivity index (χ0) is 21.9. The van der Waals surface area contributed by atoms with Gasteiger partial charge in [0.2, 0.25) is 11.0 Å². The second kappa shape index (κ2) is 8.94. The van der Waals surface area contributed by atoms with E-state index in [1.54, 1.807) is 0 Å². The molecule has 158 valence electrons. The van der Waals surface area contributed by atoms with Crippen LogP contribution in [0.2, 0.25) is 5.02 Å². The summed E-state index contributed by atoms with van der Waals surface area (Å²) in [6, 6.07) is 27.0. The molecule has 1 saturated heterocycles. The highest BCUT2D eigenvalue weighted by molar-refractivity contribution is 7.14. The molecule has 0 spiro atoms. The Kier molecular flexibility index (Phi) is 5.71. The number of nitrogens with zero attached hydrogens (tertiary/aromatic N) is 3. The maximum atomic E-state index is 13.0. The van der Waals surface area contributed by atoms with Gasteiger partial charge in [-0.3, -0.25) is 15.1 Å². The summed E-state index contributed by atoms with van der Waals surface area (Å²) in [5.41, 5.74) is 7.54. The van der Waals surface area contributed by atoms with Crippen molar-refractivity contribution in [1.29, 1.82) is 0 Å². The summed E-state index contributed by atoms with van der Waals surface area (Å²) in [6.45, 7) is 0. The van der Waals surface area contributed by atoms with Crippen LogP contribution in [-0.2, 0) is 4.79 Å². The molecule has 1 unspecified atom stereocenters. The molecule has 0 bridgehead atoms. The van der Waals surface area contributed by atoms with E-state index in [1.807, 2.05) is 95.2 Å². The number of hydrogen-bond donors (Lipinski definition) is 1. The van der Waals surface area contributed by atoms with Gasteiger partial charge in [0.15, 0.2) is 0 Å². The number of rotatable bonds is 5. The molecule has 1 fully saturated rings. The van der Waals surface area contributed by atoms with E-state index < -0.39 is 0 Å². The van der Waals surface area contributed by atoms with E-state index >= 15 is 0 Å². The summed E-state index contributed by atoms with van der Waals surface area (Å²) in [7, 11) is 0. The van der Waals surface area contributed by atoms with Crippen LogP contribution in [0.1, 0.15) is 18.0 Å². The fourth-order valence-electron chi connectivity index (χ4n) is 3.79. The van der Waals surface area contributed by atoms with Gasteiger partial charge >= 0.3 is 0 Å². The zero-order valence-electron chi connectivity index (χ0n) is 17.0. The minimum atomic E-state index is -0.269. The molecule has 1 aliphatic rings. The number of carbonyl (C=O) groups excluding carboxylic acids is 1. The maximum absolute atomic E-state index is 13.0. The fourth-order valence-corrected chi connectivity index (χ4v) is 4.57. The lowest BCUT2D eigenvalue weighted by Gasteiger charge is -2.25. The highest BCUT2D eigenvalue weighted by Crippen LogP contribution is 2.35. The lowest BCUT2D eigenvalue weighted by Crippen LogP contribution is -2.28. The van der Waals surface area contributed by atoms with Crippen LogP contribution in [0.15, 0.2) is 95.4 Å². The van der Waals surface area contributed by atoms with E-state index in [-0.39, 0.29) is 18.4 Å². The summed E-state index contributed by atoms with van der Waals surface area (Å²) >= 11 is 7.45. The standard InChI is InChI=1S/C25H19ClN4OS/c26-19-13-11-17(12-14-19)22-16-32-25(27-22)29-28-21-15-23(31)30(20-9-5-2-6-10-20)24(21)18-7-3-1-4-8-18/h1-14,16,24H,15H2,(H,27,29)/b28-21+. The Hall–Kier alpha value is -3.48. The molecule has 3 aromatic carbocycles. The van der Waals surface area contributed by atoms with Gasteiger partial charge < -0.3 is 0 Å². The Labute approximate surface area is 195 Å². The quantitative estimate of drug-likeness (QED) is 0.351. The van der Waals surface area contributed by atoms with Crippen LogP contribution in [0, 0.1) is 0 Å². The van der Waals surface area contributed by atoms with Crippen LogP contribution in [0.5, 0.6) is 0 Å². The van der Waals surface area contributed by atoms with Gasteiger partial charge in [0.25, 0.3) is 0 Å². The summed E-state index contributed by atoms with van der Waals surface area (Å²) in [6.07, 6.45) is 0.247. The van der Waals surface area contributed by atoms with E-state index in [9.17, 15) is 4.79 Å². The minimum absolute atomic E-state index is 0.0200. The summed E-state index contributed by atoms with van der Waals surface area (Å²) in [5.74, 6) is 0.0200. The van der Waals surface area contributed by atoms with Crippen molar-refractivity contribution in [2.45, 2.75) is 12.5 Å². The molecule has 7 heteroatoms. The Morgan fingerprint density at radius 3 is 2.38 bits per heavy atom. The summed E-state index contributed by atoms with van der Waals surface area (Å²) < 4.78 is 0. The number of halogens is 1. The topological polar surface area (TPSA) is 57.6 Å². The Balaban J connectivity index is 1.44. The van der Waals surface area contributed by atoms with Crippen molar-refractivity contribution in [2.24, 2.45) is 5.10 Å². The first kappa shape index (κ1) is 20.4. The van der Waals surface area contributed by atoms with Crippen molar-refractivity contribution in [3.05, 3.63) is 101 Å². The highest BCUT2D eigenvalue weighted by atomic mass is 35.5. The molecular formula is C25H19ClN4OS. The first-order valence-electron chi connectivity index (χ1n) is 10.1. The average Bonchev–Trinajstić information content (AvgIpc) is 3.43. The molecular weight excluding hydrogens is 440 g/mol. The molecule has 1 atom stereocenters. The number of para-hydroxylation sites is 1. The number of nitrogens with one attached hydrogen (secondary N) is 1. The SMILES string of the molecule is O=C1C/C(=N\Nc2nc(-c3ccc(Cl)cc3)cs2)C(c2ccccc2)N1c1ccccc1. The van der Waals surface area contributed by atoms with Gasteiger partial charge in [-0.2, -0.15) is 5.10 Å². The van der Waals surface area contributed by atoms with Crippen LogP contribution in [-0.4, -0.2) is 16.6 Å². The molecule has 1 aliphatic heterocycles. The Morgan fingerprint density at radius 1 is 0.969 bits per heavy atom. The van der Waals surface area contributed by atoms with Crippen molar-refractivity contribution >= 4 is 45.4 Å². The number of thiazole rings is 1. The molecule has 5 nitrogen and oxygen atoms in total. The van der Waals surface area contributed by atoms with E-state index in [0.717, 1.165) is 28.2 Å². The maximum Gasteiger partial charge on any atom is 0.233 e. The molecule has 1 aromatic heterocycles. The average molecular weight is 459 g/mol. The van der Waals surface area contributed by atoms with Crippen molar-refractivity contribution < 1.29 is 4.79 Å². The van der Waals surface area contributed by atoms with Gasteiger partial charge in [-0.25, -0.2) is 4.98 Å². The second-order valence-electron chi connectivity index (χ2n) is 7.35. The number of hydrazone groups is 1. The highest BCUT2D eigenvalue weighted by Gasteiger charge is 2.39. The van der Waals surface area contributed by atoms with Gasteiger partial charge in [0, 0.05) is 21.7 Å². The monoisotopic (exact) mass is 458 g/mol. The lowest BCUT2D eigenvalue weighted by atomic mass is 10.0. The van der Waals surface area contributed by atoms with Gasteiger partial charge in [0.1, 0.15) is 6.04 Å². The van der Waals surface area contributed by atoms with Crippen molar-refractivity contribution in [3.63, 3.8) is 0 Å². The molecule has 0 radical (unpaired) electrons. The smallest absolute Gasteiger partial charge is 0.233 e. The third-order valence-electron chi connectivity index (χ3n) is 5.26. The van der Waals surface area contributed by atoms with Crippen LogP contribution in [0.25, 0.3) is 11.3 Å². The Morgan fingerprint density at radius 2 is 1.66 bits per heavy atom. The zero-order valence-corrected chi connectivity index (χ0v) is 18.6. The van der Waals surface area contributed by atoms with Gasteiger partial charge in [0.05, 0.1) is 17.8 Å². The van der Waals surface area contributed by atoms with E-state index in [0.29, 0.717) is 10.2 Å². The predicted octanol–water partition coefficient (Wildman–Crippen LogP) is 6.41. The minimum Gasteiger partial charge on any atom is -0.299 e. The van der Waals surface area contributed by atoms with Crippen molar-refractivity contribution in [3.8, 4) is 11.3 Å². The van der Waals surface area contributed by atoms with Gasteiger partial charge in [-0.15, -0.1) is 11.3 Å². The summed E-state index contributed by atoms with van der Waals surface area (Å²) in [5, 5.41) is 7.95. The number of benzene rings is 3. The number of aromatic nitrogens is 1. The number of anilines is 2. The van der Waals surface area contributed by atoms with E-state index in [4.69, 9.17) is 11.6 Å². The van der Waals surface area contributed by atoms with Crippen LogP contribution in [0.3, 0.4) is 0 Å². The van der Waals surface area contributed by atoms with Crippen LogP contribution >= 0.6 is 22.9 Å². The van der Waals surface area contributed by atoms with Gasteiger partial charge in [-0.1, -0.05) is 72.3 Å². The second-order valence-corrected chi connectivity index (χ2v) is 8.64. The van der Waals surface area contributed by atoms with Crippen LogP contribution in [0.4, 0.5) is 10.8 Å². The van der Waals surface area contributed by atoms with Crippen molar-refractivity contribution in [2.75, 3.05) is 10.3 Å². The molecule has 0 aliphatic carbocycles. The molecule has 5 rings (SSSR count). The molecule has 32 heavy (non-hydrogen) atoms. The molecule has 1 N–H and O–H groups in total. The van der Waals surface area contributed by atoms with Crippen LogP contribution < -0.4 is 10.3 Å². The third-order valence-corrected chi connectivity index (χ3v) is 6.26. The molecule has 2 heterocycles. The number of hydrogen-bond acceptors (Lipinski definition) is 5. The molecule has 4 aromatic rings. The van der Waals surface area contributed by atoms with E-state index in [1.165, 1.54) is 11.3 Å². The van der Waals surface area contributed by atoms with Crippen molar-refractivity contribution in [1.82, 2.24) is 4.98 Å². The Bertz CT molecular complexity index is 1260. The largest absolute Gasteiger partial charge is 0.299 e. The number of amides is 1. The first-order valence-corrected chi connectivity index (χ1v) is 11.4. The molecule has 0 saturated carbocycles. The van der Waals surface area contributed by atoms with Gasteiger partial charge in [-0.05, 0) is 29.8 Å². The fraction of sp³-hybridized carbons (Fsp3) is 0.0800. The lowest BCUT2D eigenvalue weighted by molar-refractivity contribution is -0.116. The summed E-state index contributed by atoms with van der Waals surface area (Å²) in [4.78, 5) is 19.4. The molecule has 1 amide bonds. The van der Waals surface area contributed by atoms with E-state index in [2.05, 4.69) is 15.5 Å².